The Balaban J connectivity index is 1.94. The van der Waals surface area contributed by atoms with Crippen molar-refractivity contribution >= 4 is 17.0 Å². The van der Waals surface area contributed by atoms with Crippen molar-refractivity contribution in [2.75, 3.05) is 18.9 Å². The van der Waals surface area contributed by atoms with Gasteiger partial charge >= 0.3 is 0 Å². The van der Waals surface area contributed by atoms with Crippen molar-refractivity contribution in [3.8, 4) is 0 Å². The summed E-state index contributed by atoms with van der Waals surface area (Å²) in [7, 11) is 0. The Morgan fingerprint density at radius 3 is 3.17 bits per heavy atom. The van der Waals surface area contributed by atoms with Gasteiger partial charge < -0.3 is 15.0 Å². The second kappa shape index (κ2) is 4.61. The van der Waals surface area contributed by atoms with Crippen LogP contribution in [0.25, 0.3) is 11.0 Å². The van der Waals surface area contributed by atoms with Gasteiger partial charge in [0.2, 0.25) is 5.95 Å². The number of hydrogen-bond acceptors (Lipinski definition) is 3. The molecule has 0 spiro atoms. The van der Waals surface area contributed by atoms with Crippen LogP contribution in [0.3, 0.4) is 0 Å². The number of hydrogen-bond donors (Lipinski definition) is 1. The molecular weight excluding hydrogens is 226 g/mol. The fourth-order valence-corrected chi connectivity index (χ4v) is 2.65. The quantitative estimate of drug-likeness (QED) is 0.883. The van der Waals surface area contributed by atoms with Crippen LogP contribution >= 0.6 is 0 Å². The minimum Gasteiger partial charge on any atom is -0.381 e. The number of nitrogen functional groups attached to an aromatic ring is 1. The number of anilines is 1. The van der Waals surface area contributed by atoms with Gasteiger partial charge in [-0.25, -0.2) is 4.98 Å². The molecule has 1 saturated heterocycles. The first kappa shape index (κ1) is 11.5. The zero-order chi connectivity index (χ0) is 12.5. The Morgan fingerprint density at radius 2 is 2.39 bits per heavy atom. The number of benzene rings is 1. The summed E-state index contributed by atoms with van der Waals surface area (Å²) in [6, 6.07) is 6.26. The molecule has 0 bridgehead atoms. The molecule has 2 aromatic rings. The van der Waals surface area contributed by atoms with Crippen LogP contribution in [0.2, 0.25) is 0 Å². The van der Waals surface area contributed by atoms with Crippen molar-refractivity contribution in [3.05, 3.63) is 23.8 Å². The van der Waals surface area contributed by atoms with Gasteiger partial charge in [-0.15, -0.1) is 0 Å². The topological polar surface area (TPSA) is 53.1 Å². The molecule has 0 aliphatic carbocycles. The van der Waals surface area contributed by atoms with E-state index in [4.69, 9.17) is 10.5 Å². The molecule has 1 aromatic heterocycles. The average molecular weight is 245 g/mol. The predicted molar refractivity (Wildman–Crippen MR) is 72.4 cm³/mol. The highest BCUT2D eigenvalue weighted by Crippen LogP contribution is 2.23. The third-order valence-electron chi connectivity index (χ3n) is 3.63. The van der Waals surface area contributed by atoms with Gasteiger partial charge in [-0.2, -0.15) is 0 Å². The first-order valence-corrected chi connectivity index (χ1v) is 6.54. The molecule has 2 heterocycles. The normalized spacial score (nSPS) is 20.4. The first-order chi connectivity index (χ1) is 8.74. The van der Waals surface area contributed by atoms with E-state index in [1.165, 1.54) is 12.0 Å². The van der Waals surface area contributed by atoms with E-state index in [0.29, 0.717) is 11.9 Å². The van der Waals surface area contributed by atoms with Crippen molar-refractivity contribution < 1.29 is 4.74 Å². The van der Waals surface area contributed by atoms with Crippen molar-refractivity contribution in [2.45, 2.75) is 26.3 Å². The molecule has 4 nitrogen and oxygen atoms in total. The number of aromatic nitrogens is 2. The van der Waals surface area contributed by atoms with Crippen LogP contribution in [-0.4, -0.2) is 22.8 Å². The third kappa shape index (κ3) is 2.08. The van der Waals surface area contributed by atoms with E-state index in [1.807, 2.05) is 6.07 Å². The summed E-state index contributed by atoms with van der Waals surface area (Å²) in [6.07, 6.45) is 2.36. The molecule has 0 radical (unpaired) electrons. The van der Waals surface area contributed by atoms with Gasteiger partial charge in [0.25, 0.3) is 0 Å². The summed E-state index contributed by atoms with van der Waals surface area (Å²) in [5.41, 5.74) is 9.39. The zero-order valence-electron chi connectivity index (χ0n) is 10.7. The maximum absolute atomic E-state index is 6.03. The first-order valence-electron chi connectivity index (χ1n) is 6.54. The number of fused-ring (bicyclic) bond motifs is 1. The van der Waals surface area contributed by atoms with E-state index < -0.39 is 0 Å². The molecular formula is C14H19N3O. The zero-order valence-corrected chi connectivity index (χ0v) is 10.7. The van der Waals surface area contributed by atoms with Gasteiger partial charge in [0.05, 0.1) is 17.6 Å². The molecule has 3 rings (SSSR count). The molecule has 96 valence electrons. The molecule has 18 heavy (non-hydrogen) atoms. The molecule has 1 unspecified atom stereocenters. The summed E-state index contributed by atoms with van der Waals surface area (Å²) in [5.74, 6) is 1.17. The molecule has 0 amide bonds. The van der Waals surface area contributed by atoms with Crippen LogP contribution in [0.1, 0.15) is 18.4 Å². The van der Waals surface area contributed by atoms with Gasteiger partial charge in [0, 0.05) is 19.1 Å². The lowest BCUT2D eigenvalue weighted by Crippen LogP contribution is -2.22. The van der Waals surface area contributed by atoms with Crippen LogP contribution in [0, 0.1) is 12.8 Å². The number of aryl methyl sites for hydroxylation is 1. The maximum atomic E-state index is 6.03. The van der Waals surface area contributed by atoms with E-state index in [1.54, 1.807) is 0 Å². The summed E-state index contributed by atoms with van der Waals surface area (Å²) in [6.45, 7) is 4.74. The second-order valence-electron chi connectivity index (χ2n) is 5.16. The standard InChI is InChI=1S/C14H19N3O/c1-10-4-5-12-13(7-10)17(14(15)16-12)8-11-3-2-6-18-9-11/h4-5,7,11H,2-3,6,8-9H2,1H3,(H2,15,16). The van der Waals surface area contributed by atoms with E-state index in [-0.39, 0.29) is 0 Å². The largest absolute Gasteiger partial charge is 0.381 e. The van der Waals surface area contributed by atoms with E-state index in [9.17, 15) is 0 Å². The monoisotopic (exact) mass is 245 g/mol. The second-order valence-corrected chi connectivity index (χ2v) is 5.16. The Labute approximate surface area is 107 Å². The fraction of sp³-hybridized carbons (Fsp3) is 0.500. The van der Waals surface area contributed by atoms with Crippen LogP contribution in [0.4, 0.5) is 5.95 Å². The smallest absolute Gasteiger partial charge is 0.201 e. The van der Waals surface area contributed by atoms with E-state index in [0.717, 1.165) is 37.2 Å². The van der Waals surface area contributed by atoms with Crippen LogP contribution in [-0.2, 0) is 11.3 Å². The van der Waals surface area contributed by atoms with Crippen LogP contribution in [0.15, 0.2) is 18.2 Å². The molecule has 1 aliphatic rings. The molecule has 1 fully saturated rings. The minimum absolute atomic E-state index is 0.555. The van der Waals surface area contributed by atoms with Crippen molar-refractivity contribution in [1.29, 1.82) is 0 Å². The van der Waals surface area contributed by atoms with Gasteiger partial charge in [-0.3, -0.25) is 0 Å². The molecule has 1 aromatic carbocycles. The lowest BCUT2D eigenvalue weighted by Gasteiger charge is -2.23. The van der Waals surface area contributed by atoms with Crippen molar-refractivity contribution in [2.24, 2.45) is 5.92 Å². The summed E-state index contributed by atoms with van der Waals surface area (Å²) >= 11 is 0. The molecule has 1 atom stereocenters. The number of rotatable bonds is 2. The highest BCUT2D eigenvalue weighted by atomic mass is 16.5. The van der Waals surface area contributed by atoms with E-state index in [2.05, 4.69) is 28.6 Å². The maximum Gasteiger partial charge on any atom is 0.201 e. The highest BCUT2D eigenvalue weighted by molar-refractivity contribution is 5.79. The summed E-state index contributed by atoms with van der Waals surface area (Å²) in [5, 5.41) is 0. The fourth-order valence-electron chi connectivity index (χ4n) is 2.65. The Hall–Kier alpha value is -1.55. The van der Waals surface area contributed by atoms with Gasteiger partial charge in [-0.05, 0) is 37.5 Å². The number of nitrogens with two attached hydrogens (primary N) is 1. The Morgan fingerprint density at radius 1 is 1.50 bits per heavy atom. The Kier molecular flexibility index (Phi) is 2.96. The highest BCUT2D eigenvalue weighted by Gasteiger charge is 2.17. The molecule has 4 heteroatoms. The van der Waals surface area contributed by atoms with Crippen LogP contribution in [0.5, 0.6) is 0 Å². The van der Waals surface area contributed by atoms with Crippen LogP contribution < -0.4 is 5.73 Å². The van der Waals surface area contributed by atoms with Gasteiger partial charge in [0.15, 0.2) is 0 Å². The molecule has 1 aliphatic heterocycles. The summed E-state index contributed by atoms with van der Waals surface area (Å²) in [4.78, 5) is 4.42. The van der Waals surface area contributed by atoms with E-state index >= 15 is 0 Å². The lowest BCUT2D eigenvalue weighted by atomic mass is 10.0. The SMILES string of the molecule is Cc1ccc2nc(N)n(CC3CCCOC3)c2c1. The van der Waals surface area contributed by atoms with Gasteiger partial charge in [-0.1, -0.05) is 6.07 Å². The summed E-state index contributed by atoms with van der Waals surface area (Å²) < 4.78 is 7.66. The predicted octanol–water partition coefficient (Wildman–Crippen LogP) is 2.35. The Bertz CT molecular complexity index is 555. The number of imidazole rings is 1. The molecule has 0 saturated carbocycles. The van der Waals surface area contributed by atoms with Crippen molar-refractivity contribution in [3.63, 3.8) is 0 Å². The molecule has 2 N–H and O–H groups in total. The number of ether oxygens (including phenoxy) is 1. The minimum atomic E-state index is 0.555. The lowest BCUT2D eigenvalue weighted by molar-refractivity contribution is 0.0490. The number of nitrogens with zero attached hydrogens (tertiary/aromatic N) is 2. The average Bonchev–Trinajstić information content (AvgIpc) is 2.67. The van der Waals surface area contributed by atoms with Crippen molar-refractivity contribution in [1.82, 2.24) is 9.55 Å². The van der Waals surface area contributed by atoms with Gasteiger partial charge in [0.1, 0.15) is 0 Å². The third-order valence-corrected chi connectivity index (χ3v) is 3.63.